The molecule has 0 bridgehead atoms. The van der Waals surface area contributed by atoms with E-state index in [2.05, 4.69) is 228 Å². The standard InChI is InChI=1S/C61H44N4/c1-61(2)57-23-11-22-53-55-38-59(65(46-18-7-4-8-19-46)48-30-26-42(27-31-48)44-15-13-35-63-40-44)52-21-10-9-20-50(52)54(55)37-56(60(53)57)51-33-32-49(36-58(51)61)64(45-16-5-3-6-17-45)47-28-24-41(25-29-47)43-14-12-34-62-39-43/h3-40H,1-2H3. The van der Waals surface area contributed by atoms with Crippen molar-refractivity contribution in [2.75, 3.05) is 9.80 Å². The molecule has 0 radical (unpaired) electrons. The molecule has 9 aromatic carbocycles. The van der Waals surface area contributed by atoms with E-state index in [1.54, 1.807) is 0 Å². The first-order chi connectivity index (χ1) is 32.0. The fourth-order valence-electron chi connectivity index (χ4n) is 10.2. The molecular weight excluding hydrogens is 789 g/mol. The zero-order valence-electron chi connectivity index (χ0n) is 36.2. The van der Waals surface area contributed by atoms with E-state index in [1.807, 2.05) is 36.9 Å². The summed E-state index contributed by atoms with van der Waals surface area (Å²) in [4.78, 5) is 13.5. The fraction of sp³-hybridized carbons (Fsp3) is 0.0492. The van der Waals surface area contributed by atoms with E-state index in [0.29, 0.717) is 0 Å². The topological polar surface area (TPSA) is 32.3 Å². The molecule has 0 fully saturated rings. The summed E-state index contributed by atoms with van der Waals surface area (Å²) in [6.07, 6.45) is 7.48. The highest BCUT2D eigenvalue weighted by atomic mass is 15.1. The van der Waals surface area contributed by atoms with Crippen LogP contribution in [0.5, 0.6) is 0 Å². The Bertz CT molecular complexity index is 3530. The summed E-state index contributed by atoms with van der Waals surface area (Å²) in [6.45, 7) is 4.79. The van der Waals surface area contributed by atoms with Crippen LogP contribution >= 0.6 is 0 Å². The maximum absolute atomic E-state index is 4.38. The van der Waals surface area contributed by atoms with Crippen LogP contribution in [0.4, 0.5) is 34.1 Å². The summed E-state index contributed by atoms with van der Waals surface area (Å²) >= 11 is 0. The van der Waals surface area contributed by atoms with Gasteiger partial charge in [0.05, 0.1) is 5.69 Å². The van der Waals surface area contributed by atoms with Gasteiger partial charge in [0.25, 0.3) is 0 Å². The number of fused-ring (bicyclic) bond motifs is 6. The van der Waals surface area contributed by atoms with E-state index >= 15 is 0 Å². The summed E-state index contributed by atoms with van der Waals surface area (Å²) in [5.74, 6) is 0. The van der Waals surface area contributed by atoms with Crippen LogP contribution in [-0.4, -0.2) is 9.97 Å². The van der Waals surface area contributed by atoms with Crippen molar-refractivity contribution >= 4 is 66.4 Å². The van der Waals surface area contributed by atoms with E-state index < -0.39 is 0 Å². The number of nitrogens with zero attached hydrogens (tertiary/aromatic N) is 4. The van der Waals surface area contributed by atoms with E-state index in [-0.39, 0.29) is 5.41 Å². The third-order valence-corrected chi connectivity index (χ3v) is 13.4. The quantitative estimate of drug-likeness (QED) is 0.143. The molecule has 0 atom stereocenters. The van der Waals surface area contributed by atoms with E-state index in [1.165, 1.54) is 54.6 Å². The van der Waals surface area contributed by atoms with Crippen LogP contribution in [0.1, 0.15) is 25.0 Å². The summed E-state index contributed by atoms with van der Waals surface area (Å²) in [6, 6.07) is 75.2. The minimum absolute atomic E-state index is 0.288. The van der Waals surface area contributed by atoms with Crippen LogP contribution in [0.3, 0.4) is 0 Å². The van der Waals surface area contributed by atoms with Gasteiger partial charge in [0.1, 0.15) is 0 Å². The number of pyridine rings is 2. The molecule has 1 aliphatic rings. The lowest BCUT2D eigenvalue weighted by Gasteiger charge is -2.37. The van der Waals surface area contributed by atoms with Crippen LogP contribution in [0.15, 0.2) is 231 Å². The normalized spacial score (nSPS) is 12.6. The van der Waals surface area contributed by atoms with Crippen LogP contribution in [0.25, 0.3) is 65.7 Å². The number of benzene rings is 9. The first-order valence-corrected chi connectivity index (χ1v) is 22.3. The predicted octanol–water partition coefficient (Wildman–Crippen LogP) is 16.5. The summed E-state index contributed by atoms with van der Waals surface area (Å²) in [7, 11) is 0. The molecule has 0 saturated carbocycles. The molecule has 308 valence electrons. The zero-order valence-corrected chi connectivity index (χ0v) is 36.2. The number of para-hydroxylation sites is 2. The summed E-state index contributed by atoms with van der Waals surface area (Å²) in [5, 5.41) is 7.51. The van der Waals surface area contributed by atoms with Gasteiger partial charge in [-0.3, -0.25) is 9.97 Å². The van der Waals surface area contributed by atoms with Gasteiger partial charge in [-0.25, -0.2) is 0 Å². The van der Waals surface area contributed by atoms with Gasteiger partial charge in [-0.1, -0.05) is 135 Å². The number of aromatic nitrogens is 2. The molecule has 0 unspecified atom stereocenters. The van der Waals surface area contributed by atoms with Crippen molar-refractivity contribution in [2.24, 2.45) is 0 Å². The first-order valence-electron chi connectivity index (χ1n) is 22.3. The van der Waals surface area contributed by atoms with Gasteiger partial charge in [-0.05, 0) is 156 Å². The van der Waals surface area contributed by atoms with Gasteiger partial charge in [0.2, 0.25) is 0 Å². The van der Waals surface area contributed by atoms with Crippen LogP contribution in [0.2, 0.25) is 0 Å². The number of rotatable bonds is 8. The number of hydrogen-bond donors (Lipinski definition) is 0. The van der Waals surface area contributed by atoms with Crippen LogP contribution in [-0.2, 0) is 5.41 Å². The van der Waals surface area contributed by atoms with Crippen molar-refractivity contribution in [2.45, 2.75) is 19.3 Å². The fourth-order valence-corrected chi connectivity index (χ4v) is 10.2. The molecule has 65 heavy (non-hydrogen) atoms. The summed E-state index contributed by atoms with van der Waals surface area (Å²) < 4.78 is 0. The Morgan fingerprint density at radius 2 is 0.862 bits per heavy atom. The minimum atomic E-state index is -0.288. The van der Waals surface area contributed by atoms with Crippen molar-refractivity contribution in [3.8, 4) is 33.4 Å². The van der Waals surface area contributed by atoms with Crippen molar-refractivity contribution in [1.82, 2.24) is 9.97 Å². The molecule has 12 rings (SSSR count). The Balaban J connectivity index is 1.04. The van der Waals surface area contributed by atoms with Gasteiger partial charge in [0.15, 0.2) is 0 Å². The highest BCUT2D eigenvalue weighted by Crippen LogP contribution is 2.53. The SMILES string of the molecule is CC1(C)c2cc(N(c3ccccc3)c3ccc(-c4cccnc4)cc3)ccc2-c2cc3c4ccccc4c(N(c4ccccc4)c4ccc(-c5cccnc5)cc4)cc3c3cccc1c23. The van der Waals surface area contributed by atoms with Gasteiger partial charge in [0, 0.05) is 64.0 Å². The third-order valence-electron chi connectivity index (χ3n) is 13.4. The molecule has 11 aromatic rings. The molecule has 2 heterocycles. The smallest absolute Gasteiger partial charge is 0.0546 e. The van der Waals surface area contributed by atoms with E-state index in [9.17, 15) is 0 Å². The molecular formula is C61H44N4. The molecule has 0 saturated heterocycles. The Kier molecular flexibility index (Phi) is 9.13. The van der Waals surface area contributed by atoms with Crippen molar-refractivity contribution in [1.29, 1.82) is 0 Å². The lowest BCUT2D eigenvalue weighted by molar-refractivity contribution is 0.645. The molecule has 2 aromatic heterocycles. The van der Waals surface area contributed by atoms with Gasteiger partial charge >= 0.3 is 0 Å². The maximum atomic E-state index is 4.38. The maximum Gasteiger partial charge on any atom is 0.0546 e. The predicted molar refractivity (Wildman–Crippen MR) is 272 cm³/mol. The van der Waals surface area contributed by atoms with Gasteiger partial charge in [-0.2, -0.15) is 0 Å². The highest BCUT2D eigenvalue weighted by Gasteiger charge is 2.35. The van der Waals surface area contributed by atoms with E-state index in [0.717, 1.165) is 56.4 Å². The number of anilines is 6. The first kappa shape index (κ1) is 38.3. The Morgan fingerprint density at radius 1 is 0.338 bits per heavy atom. The Labute approximate surface area is 379 Å². The van der Waals surface area contributed by atoms with Crippen molar-refractivity contribution in [3.63, 3.8) is 0 Å². The molecule has 0 spiro atoms. The average Bonchev–Trinajstić information content (AvgIpc) is 3.37. The van der Waals surface area contributed by atoms with E-state index in [4.69, 9.17) is 0 Å². The second-order valence-electron chi connectivity index (χ2n) is 17.5. The van der Waals surface area contributed by atoms with Crippen LogP contribution in [0, 0.1) is 0 Å². The monoisotopic (exact) mass is 832 g/mol. The molecule has 4 heteroatoms. The third kappa shape index (κ3) is 6.45. The van der Waals surface area contributed by atoms with Gasteiger partial charge < -0.3 is 9.80 Å². The Hall–Kier alpha value is -8.34. The largest absolute Gasteiger partial charge is 0.310 e. The lowest BCUT2D eigenvalue weighted by Crippen LogP contribution is -2.24. The Morgan fingerprint density at radius 3 is 1.48 bits per heavy atom. The van der Waals surface area contributed by atoms with Gasteiger partial charge in [-0.15, -0.1) is 0 Å². The summed E-state index contributed by atoms with van der Waals surface area (Å²) in [5.41, 5.74) is 16.1. The zero-order chi connectivity index (χ0) is 43.5. The van der Waals surface area contributed by atoms with Crippen molar-refractivity contribution in [3.05, 3.63) is 242 Å². The average molecular weight is 833 g/mol. The minimum Gasteiger partial charge on any atom is -0.310 e. The lowest BCUT2D eigenvalue weighted by atomic mass is 9.68. The molecule has 1 aliphatic carbocycles. The van der Waals surface area contributed by atoms with Crippen molar-refractivity contribution < 1.29 is 0 Å². The molecule has 4 nitrogen and oxygen atoms in total. The molecule has 0 aliphatic heterocycles. The second-order valence-corrected chi connectivity index (χ2v) is 17.5. The second kappa shape index (κ2) is 15.5. The molecule has 0 N–H and O–H groups in total. The molecule has 0 amide bonds. The van der Waals surface area contributed by atoms with Crippen LogP contribution < -0.4 is 9.80 Å². The number of hydrogen-bond acceptors (Lipinski definition) is 4. The highest BCUT2D eigenvalue weighted by molar-refractivity contribution is 6.25.